The van der Waals surface area contributed by atoms with Gasteiger partial charge in [0.1, 0.15) is 5.82 Å². The van der Waals surface area contributed by atoms with Crippen LogP contribution in [0.4, 0.5) is 10.1 Å². The maximum Gasteiger partial charge on any atom is 0.256 e. The van der Waals surface area contributed by atoms with Crippen LogP contribution in [0.15, 0.2) is 36.5 Å². The zero-order valence-electron chi connectivity index (χ0n) is 21.3. The molecule has 10 heteroatoms. The molecule has 1 aliphatic heterocycles. The molecule has 0 aliphatic carbocycles. The predicted octanol–water partition coefficient (Wildman–Crippen LogP) is 1.94. The number of amides is 2. The second-order valence-corrected chi connectivity index (χ2v) is 9.21. The molecule has 0 radical (unpaired) electrons. The SMILES string of the molecule is CCNCCNC(=O)CN(CC(=O)N(C)N1Cc2ccc(F)cc2C1)c1cc2cn(C)nc2cc1C. The third-order valence-corrected chi connectivity index (χ3v) is 6.47. The van der Waals surface area contributed by atoms with Gasteiger partial charge in [-0.3, -0.25) is 19.3 Å². The molecule has 0 atom stereocenters. The molecule has 0 bridgehead atoms. The summed E-state index contributed by atoms with van der Waals surface area (Å²) < 4.78 is 15.4. The number of halogens is 1. The number of aromatic nitrogens is 2. The summed E-state index contributed by atoms with van der Waals surface area (Å²) in [6.07, 6.45) is 1.92. The van der Waals surface area contributed by atoms with E-state index in [-0.39, 0.29) is 30.7 Å². The van der Waals surface area contributed by atoms with Crippen molar-refractivity contribution < 1.29 is 14.0 Å². The highest BCUT2D eigenvalue weighted by Crippen LogP contribution is 2.27. The van der Waals surface area contributed by atoms with Crippen LogP contribution in [0.5, 0.6) is 0 Å². The number of hydrogen-bond donors (Lipinski definition) is 2. The maximum atomic E-state index is 13.7. The summed E-state index contributed by atoms with van der Waals surface area (Å²) >= 11 is 0. The lowest BCUT2D eigenvalue weighted by Crippen LogP contribution is -2.48. The lowest BCUT2D eigenvalue weighted by Gasteiger charge is -2.32. The van der Waals surface area contributed by atoms with Crippen LogP contribution in [0.3, 0.4) is 0 Å². The number of nitrogens with one attached hydrogen (secondary N) is 2. The van der Waals surface area contributed by atoms with Crippen molar-refractivity contribution in [3.63, 3.8) is 0 Å². The van der Waals surface area contributed by atoms with Gasteiger partial charge in [-0.2, -0.15) is 5.10 Å². The van der Waals surface area contributed by atoms with Gasteiger partial charge in [0, 0.05) is 57.5 Å². The van der Waals surface area contributed by atoms with Crippen molar-refractivity contribution in [1.82, 2.24) is 30.4 Å². The molecule has 2 heterocycles. The zero-order valence-corrected chi connectivity index (χ0v) is 21.3. The molecule has 2 amide bonds. The molecule has 1 aromatic heterocycles. The number of benzene rings is 2. The highest BCUT2D eigenvalue weighted by molar-refractivity contribution is 5.90. The van der Waals surface area contributed by atoms with Crippen molar-refractivity contribution in [2.24, 2.45) is 7.05 Å². The van der Waals surface area contributed by atoms with Crippen LogP contribution in [0.25, 0.3) is 10.9 Å². The summed E-state index contributed by atoms with van der Waals surface area (Å²) in [5, 5.41) is 15.0. The molecule has 3 aromatic rings. The minimum absolute atomic E-state index is 0.0188. The molecule has 36 heavy (non-hydrogen) atoms. The summed E-state index contributed by atoms with van der Waals surface area (Å²) in [4.78, 5) is 28.0. The Balaban J connectivity index is 1.51. The van der Waals surface area contributed by atoms with Gasteiger partial charge < -0.3 is 15.5 Å². The molecule has 4 rings (SSSR count). The molecule has 0 saturated carbocycles. The Morgan fingerprint density at radius 1 is 1.11 bits per heavy atom. The first-order valence-corrected chi connectivity index (χ1v) is 12.2. The third kappa shape index (κ3) is 5.83. The van der Waals surface area contributed by atoms with E-state index in [9.17, 15) is 14.0 Å². The second-order valence-electron chi connectivity index (χ2n) is 9.21. The Labute approximate surface area is 210 Å². The van der Waals surface area contributed by atoms with Gasteiger partial charge in [-0.15, -0.1) is 0 Å². The fraction of sp³-hybridized carbons (Fsp3) is 0.423. The van der Waals surface area contributed by atoms with Gasteiger partial charge in [0.15, 0.2) is 0 Å². The van der Waals surface area contributed by atoms with Gasteiger partial charge in [0.05, 0.1) is 18.6 Å². The molecule has 0 saturated heterocycles. The van der Waals surface area contributed by atoms with E-state index in [0.29, 0.717) is 26.2 Å². The van der Waals surface area contributed by atoms with E-state index in [0.717, 1.165) is 39.8 Å². The van der Waals surface area contributed by atoms with Crippen LogP contribution in [0.2, 0.25) is 0 Å². The van der Waals surface area contributed by atoms with E-state index in [2.05, 4.69) is 15.7 Å². The number of anilines is 1. The monoisotopic (exact) mass is 495 g/mol. The highest BCUT2D eigenvalue weighted by Gasteiger charge is 2.27. The van der Waals surface area contributed by atoms with E-state index < -0.39 is 0 Å². The molecule has 0 spiro atoms. The molecular weight excluding hydrogens is 461 g/mol. The topological polar surface area (TPSA) is 85.7 Å². The molecule has 2 aromatic carbocycles. The van der Waals surface area contributed by atoms with E-state index in [1.54, 1.807) is 22.8 Å². The number of rotatable bonds is 10. The summed E-state index contributed by atoms with van der Waals surface area (Å²) in [7, 11) is 3.58. The van der Waals surface area contributed by atoms with Crippen molar-refractivity contribution in [2.75, 3.05) is 44.7 Å². The first-order valence-electron chi connectivity index (χ1n) is 12.2. The number of carbonyl (C=O) groups is 2. The molecule has 1 aliphatic rings. The average Bonchev–Trinajstić information content (AvgIpc) is 3.41. The number of hydrogen-bond acceptors (Lipinski definition) is 6. The number of fused-ring (bicyclic) bond motifs is 2. The Morgan fingerprint density at radius 2 is 1.89 bits per heavy atom. The lowest BCUT2D eigenvalue weighted by molar-refractivity contribution is -0.145. The van der Waals surface area contributed by atoms with E-state index in [1.807, 2.05) is 49.1 Å². The normalized spacial score (nSPS) is 13.1. The minimum Gasteiger partial charge on any atom is -0.353 e. The van der Waals surface area contributed by atoms with Crippen molar-refractivity contribution in [2.45, 2.75) is 26.9 Å². The van der Waals surface area contributed by atoms with Crippen LogP contribution in [0, 0.1) is 12.7 Å². The van der Waals surface area contributed by atoms with E-state index in [1.165, 1.54) is 12.1 Å². The van der Waals surface area contributed by atoms with Crippen LogP contribution in [-0.2, 0) is 29.7 Å². The van der Waals surface area contributed by atoms with Crippen molar-refractivity contribution >= 4 is 28.4 Å². The lowest BCUT2D eigenvalue weighted by atomic mass is 10.1. The van der Waals surface area contributed by atoms with Crippen LogP contribution in [0.1, 0.15) is 23.6 Å². The Bertz CT molecular complexity index is 1260. The minimum atomic E-state index is -0.280. The van der Waals surface area contributed by atoms with Crippen LogP contribution in [-0.4, -0.2) is 71.4 Å². The van der Waals surface area contributed by atoms with Crippen LogP contribution >= 0.6 is 0 Å². The first kappa shape index (κ1) is 25.6. The first-order chi connectivity index (χ1) is 17.2. The number of aryl methyl sites for hydroxylation is 2. The Kier molecular flexibility index (Phi) is 7.85. The molecule has 9 nitrogen and oxygen atoms in total. The second kappa shape index (κ2) is 11.0. The van der Waals surface area contributed by atoms with Gasteiger partial charge in [-0.1, -0.05) is 13.0 Å². The molecule has 2 N–H and O–H groups in total. The molecular formula is C26H34FN7O2. The summed E-state index contributed by atoms with van der Waals surface area (Å²) in [5.41, 5.74) is 4.49. The molecule has 192 valence electrons. The largest absolute Gasteiger partial charge is 0.353 e. The summed E-state index contributed by atoms with van der Waals surface area (Å²) in [5.74, 6) is -0.593. The standard InChI is InChI=1S/C26H34FN7O2/c1-5-28-8-9-29-25(35)16-33(24-12-21-13-31(3)30-23(21)10-18(24)2)17-26(36)32(4)34-14-19-6-7-22(27)11-20(19)15-34/h6-7,10-13,28H,5,8-9,14-17H2,1-4H3,(H,29,35). The van der Waals surface area contributed by atoms with Gasteiger partial charge in [0.25, 0.3) is 5.91 Å². The van der Waals surface area contributed by atoms with Gasteiger partial charge in [-0.25, -0.2) is 9.40 Å². The average molecular weight is 496 g/mol. The van der Waals surface area contributed by atoms with Gasteiger partial charge in [-0.05, 0) is 54.4 Å². The number of carbonyl (C=O) groups excluding carboxylic acids is 2. The number of hydrazine groups is 1. The predicted molar refractivity (Wildman–Crippen MR) is 138 cm³/mol. The van der Waals surface area contributed by atoms with E-state index >= 15 is 0 Å². The van der Waals surface area contributed by atoms with E-state index in [4.69, 9.17) is 0 Å². The third-order valence-electron chi connectivity index (χ3n) is 6.47. The fourth-order valence-electron chi connectivity index (χ4n) is 4.53. The zero-order chi connectivity index (χ0) is 25.8. The smallest absolute Gasteiger partial charge is 0.256 e. The fourth-order valence-corrected chi connectivity index (χ4v) is 4.53. The molecule has 0 fully saturated rings. The summed E-state index contributed by atoms with van der Waals surface area (Å²) in [6.45, 7) is 7.05. The number of likely N-dealkylation sites (N-methyl/N-ethyl adjacent to an activating group) is 2. The maximum absolute atomic E-state index is 13.7. The highest BCUT2D eigenvalue weighted by atomic mass is 19.1. The summed E-state index contributed by atoms with van der Waals surface area (Å²) in [6, 6.07) is 8.67. The van der Waals surface area contributed by atoms with Gasteiger partial charge >= 0.3 is 0 Å². The van der Waals surface area contributed by atoms with Crippen molar-refractivity contribution in [3.05, 3.63) is 59.0 Å². The molecule has 0 unspecified atom stereocenters. The Hall–Kier alpha value is -3.50. The van der Waals surface area contributed by atoms with Gasteiger partial charge in [0.2, 0.25) is 5.91 Å². The quantitative estimate of drug-likeness (QED) is 0.418. The number of nitrogens with zero attached hydrogens (tertiary/aromatic N) is 5. The van der Waals surface area contributed by atoms with Crippen molar-refractivity contribution in [3.8, 4) is 0 Å². The van der Waals surface area contributed by atoms with Crippen molar-refractivity contribution in [1.29, 1.82) is 0 Å². The van der Waals surface area contributed by atoms with Crippen LogP contribution < -0.4 is 15.5 Å². The Morgan fingerprint density at radius 3 is 2.67 bits per heavy atom.